The maximum atomic E-state index is 11.6. The van der Waals surface area contributed by atoms with Crippen LogP contribution in [0, 0.1) is 11.3 Å². The van der Waals surface area contributed by atoms with Crippen LogP contribution in [0.4, 0.5) is 0 Å². The van der Waals surface area contributed by atoms with Gasteiger partial charge in [0.1, 0.15) is 11.8 Å². The van der Waals surface area contributed by atoms with Crippen LogP contribution in [-0.4, -0.2) is 29.4 Å². The van der Waals surface area contributed by atoms with Gasteiger partial charge in [0.15, 0.2) is 0 Å². The van der Waals surface area contributed by atoms with Crippen molar-refractivity contribution in [2.45, 2.75) is 6.92 Å². The van der Waals surface area contributed by atoms with E-state index in [0.717, 1.165) is 0 Å². The third-order valence-electron chi connectivity index (χ3n) is 1.93. The van der Waals surface area contributed by atoms with E-state index in [0.29, 0.717) is 17.8 Å². The molecule has 0 N–H and O–H groups in total. The Morgan fingerprint density at radius 2 is 2.36 bits per heavy atom. The second kappa shape index (κ2) is 4.38. The number of hydrogen-bond donors (Lipinski definition) is 0. The van der Waals surface area contributed by atoms with E-state index in [1.807, 2.05) is 13.0 Å². The standard InChI is InChI=1S/C10H11N3O/c1-3-13(2)10(14)9-5-4-8(6-11)7-12-9/h4-5,7H,3H2,1-2H3. The van der Waals surface area contributed by atoms with Crippen LogP contribution < -0.4 is 0 Å². The first-order valence-corrected chi connectivity index (χ1v) is 4.30. The molecule has 0 aliphatic heterocycles. The van der Waals surface area contributed by atoms with Crippen molar-refractivity contribution in [3.05, 3.63) is 29.6 Å². The Kier molecular flexibility index (Phi) is 3.19. The van der Waals surface area contributed by atoms with Gasteiger partial charge in [-0.2, -0.15) is 5.26 Å². The van der Waals surface area contributed by atoms with Crippen molar-refractivity contribution in [2.75, 3.05) is 13.6 Å². The lowest BCUT2D eigenvalue weighted by Crippen LogP contribution is -2.26. The van der Waals surface area contributed by atoms with E-state index in [1.165, 1.54) is 6.20 Å². The van der Waals surface area contributed by atoms with Gasteiger partial charge in [0.05, 0.1) is 5.56 Å². The van der Waals surface area contributed by atoms with Gasteiger partial charge in [0, 0.05) is 19.8 Å². The Morgan fingerprint density at radius 3 is 2.79 bits per heavy atom. The van der Waals surface area contributed by atoms with E-state index < -0.39 is 0 Å². The van der Waals surface area contributed by atoms with Crippen molar-refractivity contribution >= 4 is 5.91 Å². The van der Waals surface area contributed by atoms with E-state index >= 15 is 0 Å². The molecule has 1 amide bonds. The fourth-order valence-corrected chi connectivity index (χ4v) is 0.926. The number of carbonyl (C=O) groups excluding carboxylic acids is 1. The SMILES string of the molecule is CCN(C)C(=O)c1ccc(C#N)cn1. The maximum Gasteiger partial charge on any atom is 0.272 e. The Balaban J connectivity index is 2.88. The molecule has 4 nitrogen and oxygen atoms in total. The predicted molar refractivity (Wildman–Crippen MR) is 51.6 cm³/mol. The van der Waals surface area contributed by atoms with Crippen molar-refractivity contribution in [1.82, 2.24) is 9.88 Å². The third kappa shape index (κ3) is 2.07. The highest BCUT2D eigenvalue weighted by atomic mass is 16.2. The molecule has 0 aliphatic rings. The fraction of sp³-hybridized carbons (Fsp3) is 0.300. The van der Waals surface area contributed by atoms with Gasteiger partial charge in [-0.15, -0.1) is 0 Å². The summed E-state index contributed by atoms with van der Waals surface area (Å²) in [6.07, 6.45) is 1.40. The molecule has 0 unspecified atom stereocenters. The Hall–Kier alpha value is -1.89. The molecule has 1 heterocycles. The largest absolute Gasteiger partial charge is 0.341 e. The quantitative estimate of drug-likeness (QED) is 0.698. The summed E-state index contributed by atoms with van der Waals surface area (Å²) in [6, 6.07) is 5.10. The van der Waals surface area contributed by atoms with Gasteiger partial charge >= 0.3 is 0 Å². The molecule has 4 heteroatoms. The molecule has 0 saturated heterocycles. The number of carbonyl (C=O) groups is 1. The molecular formula is C10H11N3O. The van der Waals surface area contributed by atoms with Gasteiger partial charge in [-0.25, -0.2) is 4.98 Å². The number of amides is 1. The third-order valence-corrected chi connectivity index (χ3v) is 1.93. The van der Waals surface area contributed by atoms with Gasteiger partial charge in [-0.05, 0) is 19.1 Å². The van der Waals surface area contributed by atoms with Crippen molar-refractivity contribution < 1.29 is 4.79 Å². The molecule has 1 rings (SSSR count). The first-order valence-electron chi connectivity index (χ1n) is 4.30. The van der Waals surface area contributed by atoms with E-state index in [9.17, 15) is 4.79 Å². The zero-order valence-corrected chi connectivity index (χ0v) is 8.19. The van der Waals surface area contributed by atoms with Crippen LogP contribution in [-0.2, 0) is 0 Å². The zero-order chi connectivity index (χ0) is 10.6. The molecule has 0 bridgehead atoms. The van der Waals surface area contributed by atoms with Crippen molar-refractivity contribution in [3.8, 4) is 6.07 Å². The predicted octanol–water partition coefficient (Wildman–Crippen LogP) is 1.05. The first-order chi connectivity index (χ1) is 6.69. The van der Waals surface area contributed by atoms with Crippen molar-refractivity contribution in [1.29, 1.82) is 5.26 Å². The van der Waals surface area contributed by atoms with Gasteiger partial charge < -0.3 is 4.90 Å². The molecule has 1 aromatic heterocycles. The zero-order valence-electron chi connectivity index (χ0n) is 8.19. The Morgan fingerprint density at radius 1 is 1.64 bits per heavy atom. The maximum absolute atomic E-state index is 11.6. The van der Waals surface area contributed by atoms with E-state index in [2.05, 4.69) is 4.98 Å². The fourth-order valence-electron chi connectivity index (χ4n) is 0.926. The second-order valence-corrected chi connectivity index (χ2v) is 2.86. The van der Waals surface area contributed by atoms with Crippen LogP contribution in [0.15, 0.2) is 18.3 Å². The van der Waals surface area contributed by atoms with Crippen LogP contribution in [0.5, 0.6) is 0 Å². The number of nitrogens with zero attached hydrogens (tertiary/aromatic N) is 3. The summed E-state index contributed by atoms with van der Waals surface area (Å²) < 4.78 is 0. The number of nitriles is 1. The smallest absolute Gasteiger partial charge is 0.272 e. The summed E-state index contributed by atoms with van der Waals surface area (Å²) in [6.45, 7) is 2.53. The Bertz CT molecular complexity index is 364. The summed E-state index contributed by atoms with van der Waals surface area (Å²) in [7, 11) is 1.71. The molecule has 1 aromatic rings. The van der Waals surface area contributed by atoms with Crippen molar-refractivity contribution in [2.24, 2.45) is 0 Å². The number of pyridine rings is 1. The van der Waals surface area contributed by atoms with Gasteiger partial charge in [0.2, 0.25) is 0 Å². The van der Waals surface area contributed by atoms with E-state index in [-0.39, 0.29) is 5.91 Å². The monoisotopic (exact) mass is 189 g/mol. The minimum Gasteiger partial charge on any atom is -0.341 e. The van der Waals surface area contributed by atoms with Crippen molar-refractivity contribution in [3.63, 3.8) is 0 Å². The number of aromatic nitrogens is 1. The highest BCUT2D eigenvalue weighted by molar-refractivity contribution is 5.92. The number of hydrogen-bond acceptors (Lipinski definition) is 3. The Labute approximate surface area is 82.8 Å². The average Bonchev–Trinajstić information content (AvgIpc) is 2.27. The lowest BCUT2D eigenvalue weighted by Gasteiger charge is -2.13. The van der Waals surface area contributed by atoms with Crippen LogP contribution in [0.2, 0.25) is 0 Å². The molecule has 0 aromatic carbocycles. The second-order valence-electron chi connectivity index (χ2n) is 2.86. The summed E-state index contributed by atoms with van der Waals surface area (Å²) in [5.41, 5.74) is 0.828. The summed E-state index contributed by atoms with van der Waals surface area (Å²) in [5, 5.41) is 8.54. The molecule has 0 radical (unpaired) electrons. The molecule has 0 atom stereocenters. The molecule has 14 heavy (non-hydrogen) atoms. The van der Waals surface area contributed by atoms with Crippen LogP contribution in [0.1, 0.15) is 23.0 Å². The first kappa shape index (κ1) is 10.2. The molecule has 0 saturated carbocycles. The summed E-state index contributed by atoms with van der Waals surface area (Å²) >= 11 is 0. The van der Waals surface area contributed by atoms with Gasteiger partial charge in [-0.1, -0.05) is 0 Å². The minimum atomic E-state index is -0.128. The number of rotatable bonds is 2. The van der Waals surface area contributed by atoms with Gasteiger partial charge in [-0.3, -0.25) is 4.79 Å². The molecular weight excluding hydrogens is 178 g/mol. The van der Waals surface area contributed by atoms with E-state index in [1.54, 1.807) is 24.1 Å². The average molecular weight is 189 g/mol. The van der Waals surface area contributed by atoms with E-state index in [4.69, 9.17) is 5.26 Å². The topological polar surface area (TPSA) is 57.0 Å². The summed E-state index contributed by atoms with van der Waals surface area (Å²) in [5.74, 6) is -0.128. The highest BCUT2D eigenvalue weighted by Gasteiger charge is 2.10. The summed E-state index contributed by atoms with van der Waals surface area (Å²) in [4.78, 5) is 17.0. The van der Waals surface area contributed by atoms with Gasteiger partial charge in [0.25, 0.3) is 5.91 Å². The minimum absolute atomic E-state index is 0.128. The van der Waals surface area contributed by atoms with Crippen LogP contribution >= 0.6 is 0 Å². The molecule has 0 aliphatic carbocycles. The van der Waals surface area contributed by atoms with Crippen LogP contribution in [0.25, 0.3) is 0 Å². The normalized spacial score (nSPS) is 9.21. The lowest BCUT2D eigenvalue weighted by atomic mass is 10.2. The highest BCUT2D eigenvalue weighted by Crippen LogP contribution is 2.01. The lowest BCUT2D eigenvalue weighted by molar-refractivity contribution is 0.0796. The van der Waals surface area contributed by atoms with Crippen LogP contribution in [0.3, 0.4) is 0 Å². The molecule has 0 fully saturated rings. The molecule has 72 valence electrons. The molecule has 0 spiro atoms.